The molecule has 0 saturated heterocycles. The third-order valence-electron chi connectivity index (χ3n) is 4.46. The van der Waals surface area contributed by atoms with Gasteiger partial charge in [0, 0.05) is 21.3 Å². The topological polar surface area (TPSA) is 47.8 Å². The Labute approximate surface area is 182 Å². The van der Waals surface area contributed by atoms with Gasteiger partial charge in [-0.05, 0) is 25.1 Å². The molecule has 0 unspecified atom stereocenters. The number of halogens is 1. The lowest BCUT2D eigenvalue weighted by Crippen LogP contribution is -2.05. The number of carbonyl (C=O) groups is 1. The Morgan fingerprint density at radius 1 is 0.931 bits per heavy atom. The van der Waals surface area contributed by atoms with Gasteiger partial charge in [-0.3, -0.25) is 9.36 Å². The molecule has 0 aliphatic heterocycles. The first kappa shape index (κ1) is 19.6. The third-order valence-corrected chi connectivity index (χ3v) is 6.08. The van der Waals surface area contributed by atoms with Crippen LogP contribution < -0.4 is 0 Å². The zero-order chi connectivity index (χ0) is 20.2. The summed E-state index contributed by atoms with van der Waals surface area (Å²) in [5.41, 5.74) is 3.80. The molecule has 4 rings (SSSR count). The van der Waals surface area contributed by atoms with Crippen molar-refractivity contribution in [1.29, 1.82) is 0 Å². The Balaban J connectivity index is 1.68. The number of rotatable bonds is 6. The van der Waals surface area contributed by atoms with Crippen LogP contribution in [0.1, 0.15) is 15.9 Å². The number of nitrogens with zero attached hydrogens (tertiary/aromatic N) is 3. The van der Waals surface area contributed by atoms with E-state index in [2.05, 4.69) is 45.2 Å². The Hall–Kier alpha value is -2.70. The van der Waals surface area contributed by atoms with E-state index in [1.165, 1.54) is 17.3 Å². The number of carbonyl (C=O) groups excluding carboxylic acids is 1. The standard InChI is InChI=1S/C23H18BrN3OS/c1-16-11-13-17(14-12-16)22-25-26-23(27(22)18-7-3-2-4-8-18)29-15-21(28)19-9-5-6-10-20(19)24/h2-14H,15H2,1H3. The zero-order valence-electron chi connectivity index (χ0n) is 15.7. The summed E-state index contributed by atoms with van der Waals surface area (Å²) in [5, 5.41) is 9.51. The monoisotopic (exact) mass is 463 g/mol. The lowest BCUT2D eigenvalue weighted by Gasteiger charge is -2.10. The summed E-state index contributed by atoms with van der Waals surface area (Å²) in [6.07, 6.45) is 0. The third kappa shape index (κ3) is 4.33. The van der Waals surface area contributed by atoms with Crippen LogP contribution in [0.4, 0.5) is 0 Å². The number of benzene rings is 3. The number of Topliss-reactive ketones (excluding diaryl/α,β-unsaturated/α-hetero) is 1. The maximum Gasteiger partial charge on any atom is 0.196 e. The van der Waals surface area contributed by atoms with E-state index in [0.717, 1.165) is 21.5 Å². The lowest BCUT2D eigenvalue weighted by atomic mass is 10.1. The summed E-state index contributed by atoms with van der Waals surface area (Å²) in [6, 6.07) is 25.6. The molecule has 144 valence electrons. The van der Waals surface area contributed by atoms with Gasteiger partial charge in [0.05, 0.1) is 5.75 Å². The van der Waals surface area contributed by atoms with Gasteiger partial charge in [-0.15, -0.1) is 10.2 Å². The summed E-state index contributed by atoms with van der Waals surface area (Å²) in [4.78, 5) is 12.7. The number of aromatic nitrogens is 3. The second-order valence-electron chi connectivity index (χ2n) is 6.53. The largest absolute Gasteiger partial charge is 0.293 e. The van der Waals surface area contributed by atoms with E-state index in [1.54, 1.807) is 0 Å². The molecule has 0 spiro atoms. The smallest absolute Gasteiger partial charge is 0.196 e. The highest BCUT2D eigenvalue weighted by Gasteiger charge is 2.18. The molecule has 0 radical (unpaired) electrons. The second kappa shape index (κ2) is 8.76. The molecular formula is C23H18BrN3OS. The van der Waals surface area contributed by atoms with Crippen molar-refractivity contribution in [3.05, 3.63) is 94.5 Å². The van der Waals surface area contributed by atoms with Gasteiger partial charge >= 0.3 is 0 Å². The number of hydrogen-bond acceptors (Lipinski definition) is 4. The Kier molecular flexibility index (Phi) is 5.92. The molecule has 0 aliphatic rings. The molecule has 0 atom stereocenters. The molecule has 0 fully saturated rings. The van der Waals surface area contributed by atoms with Crippen molar-refractivity contribution in [3.63, 3.8) is 0 Å². The second-order valence-corrected chi connectivity index (χ2v) is 8.33. The maximum atomic E-state index is 12.7. The molecule has 0 amide bonds. The van der Waals surface area contributed by atoms with E-state index in [1.807, 2.05) is 71.3 Å². The van der Waals surface area contributed by atoms with Crippen molar-refractivity contribution in [2.24, 2.45) is 0 Å². The normalized spacial score (nSPS) is 10.8. The van der Waals surface area contributed by atoms with Gasteiger partial charge in [0.15, 0.2) is 16.8 Å². The first-order valence-corrected chi connectivity index (χ1v) is 10.9. The number of hydrogen-bond donors (Lipinski definition) is 0. The van der Waals surface area contributed by atoms with E-state index in [4.69, 9.17) is 0 Å². The first-order chi connectivity index (χ1) is 14.1. The molecule has 0 aliphatic carbocycles. The molecule has 1 aromatic heterocycles. The average Bonchev–Trinajstić information content (AvgIpc) is 3.17. The van der Waals surface area contributed by atoms with Crippen molar-refractivity contribution in [1.82, 2.24) is 14.8 Å². The summed E-state index contributed by atoms with van der Waals surface area (Å²) in [6.45, 7) is 2.06. The molecule has 3 aromatic carbocycles. The highest BCUT2D eigenvalue weighted by Crippen LogP contribution is 2.29. The van der Waals surface area contributed by atoms with Crippen molar-refractivity contribution < 1.29 is 4.79 Å². The van der Waals surface area contributed by atoms with Crippen molar-refractivity contribution in [3.8, 4) is 17.1 Å². The molecule has 0 N–H and O–H groups in total. The molecule has 0 saturated carbocycles. The van der Waals surface area contributed by atoms with E-state index >= 15 is 0 Å². The minimum Gasteiger partial charge on any atom is -0.293 e. The fourth-order valence-corrected chi connectivity index (χ4v) is 4.30. The van der Waals surface area contributed by atoms with Gasteiger partial charge < -0.3 is 0 Å². The van der Waals surface area contributed by atoms with Gasteiger partial charge in [-0.25, -0.2) is 0 Å². The lowest BCUT2D eigenvalue weighted by molar-refractivity contribution is 0.102. The molecule has 1 heterocycles. The predicted octanol–water partition coefficient (Wildman–Crippen LogP) is 5.98. The quantitative estimate of drug-likeness (QED) is 0.260. The van der Waals surface area contributed by atoms with Crippen LogP contribution in [0.2, 0.25) is 0 Å². The van der Waals surface area contributed by atoms with Crippen LogP contribution in [-0.2, 0) is 0 Å². The molecule has 0 bridgehead atoms. The minimum atomic E-state index is 0.0435. The Morgan fingerprint density at radius 3 is 2.34 bits per heavy atom. The zero-order valence-corrected chi connectivity index (χ0v) is 18.2. The molecule has 4 aromatic rings. The van der Waals surface area contributed by atoms with Gasteiger partial charge in [0.1, 0.15) is 0 Å². The number of ketones is 1. The van der Waals surface area contributed by atoms with E-state index in [-0.39, 0.29) is 11.5 Å². The van der Waals surface area contributed by atoms with Crippen LogP contribution >= 0.6 is 27.7 Å². The number of aryl methyl sites for hydroxylation is 1. The average molecular weight is 464 g/mol. The molecule has 4 nitrogen and oxygen atoms in total. The number of para-hydroxylation sites is 1. The SMILES string of the molecule is Cc1ccc(-c2nnc(SCC(=O)c3ccccc3Br)n2-c2ccccc2)cc1. The van der Waals surface area contributed by atoms with Crippen LogP contribution in [0.15, 0.2) is 88.5 Å². The fraction of sp³-hybridized carbons (Fsp3) is 0.0870. The summed E-state index contributed by atoms with van der Waals surface area (Å²) in [7, 11) is 0. The van der Waals surface area contributed by atoms with Crippen LogP contribution in [0.3, 0.4) is 0 Å². The van der Waals surface area contributed by atoms with Crippen molar-refractivity contribution >= 4 is 33.5 Å². The predicted molar refractivity (Wildman–Crippen MR) is 121 cm³/mol. The van der Waals surface area contributed by atoms with Crippen molar-refractivity contribution in [2.45, 2.75) is 12.1 Å². The van der Waals surface area contributed by atoms with Crippen LogP contribution in [0.25, 0.3) is 17.1 Å². The van der Waals surface area contributed by atoms with Crippen LogP contribution in [-0.4, -0.2) is 26.3 Å². The van der Waals surface area contributed by atoms with Crippen LogP contribution in [0.5, 0.6) is 0 Å². The summed E-state index contributed by atoms with van der Waals surface area (Å²) in [5.74, 6) is 1.08. The summed E-state index contributed by atoms with van der Waals surface area (Å²) < 4.78 is 2.80. The molecule has 29 heavy (non-hydrogen) atoms. The van der Waals surface area contributed by atoms with Gasteiger partial charge in [-0.2, -0.15) is 0 Å². The van der Waals surface area contributed by atoms with Gasteiger partial charge in [0.25, 0.3) is 0 Å². The molecular weight excluding hydrogens is 446 g/mol. The Morgan fingerprint density at radius 2 is 1.62 bits per heavy atom. The van der Waals surface area contributed by atoms with Crippen molar-refractivity contribution in [2.75, 3.05) is 5.75 Å². The highest BCUT2D eigenvalue weighted by atomic mass is 79.9. The number of thioether (sulfide) groups is 1. The highest BCUT2D eigenvalue weighted by molar-refractivity contribution is 9.10. The minimum absolute atomic E-state index is 0.0435. The van der Waals surface area contributed by atoms with Gasteiger partial charge in [-0.1, -0.05) is 93.9 Å². The maximum absolute atomic E-state index is 12.7. The van der Waals surface area contributed by atoms with E-state index in [0.29, 0.717) is 10.7 Å². The van der Waals surface area contributed by atoms with E-state index in [9.17, 15) is 4.79 Å². The Bertz CT molecular complexity index is 1140. The van der Waals surface area contributed by atoms with E-state index < -0.39 is 0 Å². The first-order valence-electron chi connectivity index (χ1n) is 9.12. The van der Waals surface area contributed by atoms with Crippen LogP contribution in [0, 0.1) is 6.92 Å². The molecule has 6 heteroatoms. The summed E-state index contributed by atoms with van der Waals surface area (Å²) >= 11 is 4.84. The van der Waals surface area contributed by atoms with Gasteiger partial charge in [0.2, 0.25) is 0 Å². The fourth-order valence-electron chi connectivity index (χ4n) is 2.96.